The molecule has 0 bridgehead atoms. The number of rotatable bonds is 4. The largest absolute Gasteiger partial charge is 0.494 e. The quantitative estimate of drug-likeness (QED) is 0.623. The third-order valence-electron chi connectivity index (χ3n) is 2.80. The predicted octanol–water partition coefficient (Wildman–Crippen LogP) is 5.30. The monoisotopic (exact) mass is 462 g/mol. The Morgan fingerprint density at radius 3 is 2.35 bits per heavy atom. The molecule has 0 fully saturated rings. The summed E-state index contributed by atoms with van der Waals surface area (Å²) in [6.45, 7) is 2.69. The summed E-state index contributed by atoms with van der Waals surface area (Å²) >= 11 is 10.4. The Morgan fingerprint density at radius 1 is 1.15 bits per heavy atom. The van der Waals surface area contributed by atoms with Gasteiger partial charge in [-0.1, -0.05) is 0 Å². The molecule has 0 radical (unpaired) electrons. The van der Waals surface area contributed by atoms with Gasteiger partial charge in [0.2, 0.25) is 0 Å². The molecule has 0 spiro atoms. The minimum atomic E-state index is 0.714. The number of aryl methyl sites for hydroxylation is 1. The van der Waals surface area contributed by atoms with Crippen molar-refractivity contribution in [2.24, 2.45) is 0 Å². The van der Waals surface area contributed by atoms with Crippen molar-refractivity contribution in [2.45, 2.75) is 13.5 Å². The van der Waals surface area contributed by atoms with Crippen LogP contribution in [0, 0.1) is 6.92 Å². The van der Waals surface area contributed by atoms with Crippen molar-refractivity contribution >= 4 is 53.5 Å². The van der Waals surface area contributed by atoms with E-state index in [0.717, 1.165) is 36.2 Å². The van der Waals surface area contributed by atoms with E-state index in [1.54, 1.807) is 7.11 Å². The molecule has 0 aliphatic heterocycles. The number of pyridine rings is 1. The van der Waals surface area contributed by atoms with E-state index in [1.165, 1.54) is 0 Å². The van der Waals surface area contributed by atoms with E-state index in [9.17, 15) is 0 Å². The second-order valence-electron chi connectivity index (χ2n) is 4.21. The normalized spacial score (nSPS) is 10.4. The highest BCUT2D eigenvalue weighted by Crippen LogP contribution is 2.34. The molecule has 1 N–H and O–H groups in total. The first-order chi connectivity index (χ1) is 9.51. The van der Waals surface area contributed by atoms with Crippen molar-refractivity contribution in [1.29, 1.82) is 0 Å². The van der Waals surface area contributed by atoms with Gasteiger partial charge in [0.15, 0.2) is 0 Å². The van der Waals surface area contributed by atoms with Gasteiger partial charge in [0.25, 0.3) is 0 Å². The molecule has 0 aliphatic rings. The summed E-state index contributed by atoms with van der Waals surface area (Å²) in [5, 5.41) is 3.38. The molecule has 1 heterocycles. The average Bonchev–Trinajstić information content (AvgIpc) is 2.37. The number of halogens is 3. The number of nitrogens with one attached hydrogen (secondary N) is 1. The van der Waals surface area contributed by atoms with E-state index in [4.69, 9.17) is 4.74 Å². The van der Waals surface area contributed by atoms with Crippen molar-refractivity contribution in [3.05, 3.63) is 49.1 Å². The Hall–Kier alpha value is -0.590. The van der Waals surface area contributed by atoms with Crippen molar-refractivity contribution in [3.63, 3.8) is 0 Å². The van der Waals surface area contributed by atoms with E-state index in [1.807, 2.05) is 31.2 Å². The van der Waals surface area contributed by atoms with Crippen molar-refractivity contribution in [3.8, 4) is 5.75 Å². The van der Waals surface area contributed by atoms with Crippen LogP contribution in [0.1, 0.15) is 11.3 Å². The van der Waals surface area contributed by atoms with Gasteiger partial charge in [0.1, 0.15) is 10.4 Å². The summed E-state index contributed by atoms with van der Waals surface area (Å²) < 4.78 is 7.99. The zero-order valence-electron chi connectivity index (χ0n) is 11.0. The van der Waals surface area contributed by atoms with Gasteiger partial charge < -0.3 is 10.1 Å². The number of aromatic nitrogens is 1. The van der Waals surface area contributed by atoms with Crippen LogP contribution < -0.4 is 10.1 Å². The van der Waals surface area contributed by atoms with Crippen molar-refractivity contribution < 1.29 is 4.74 Å². The minimum absolute atomic E-state index is 0.714. The van der Waals surface area contributed by atoms with Crippen LogP contribution in [0.5, 0.6) is 5.75 Å². The first kappa shape index (κ1) is 15.8. The van der Waals surface area contributed by atoms with E-state index in [0.29, 0.717) is 6.54 Å². The highest BCUT2D eigenvalue weighted by atomic mass is 79.9. The van der Waals surface area contributed by atoms with Gasteiger partial charge in [-0.15, -0.1) is 0 Å². The fraction of sp³-hybridized carbons (Fsp3) is 0.214. The van der Waals surface area contributed by atoms with Crippen LogP contribution in [0.2, 0.25) is 0 Å². The molecular formula is C14H13Br3N2O. The number of hydrogen-bond donors (Lipinski definition) is 1. The third kappa shape index (κ3) is 3.74. The zero-order valence-corrected chi connectivity index (χ0v) is 15.8. The molecule has 2 aromatic rings. The highest BCUT2D eigenvalue weighted by Gasteiger charge is 2.08. The Morgan fingerprint density at radius 2 is 1.80 bits per heavy atom. The van der Waals surface area contributed by atoms with Gasteiger partial charge in [0, 0.05) is 6.54 Å². The molecule has 1 aromatic carbocycles. The van der Waals surface area contributed by atoms with Crippen LogP contribution >= 0.6 is 47.8 Å². The molecule has 1 aromatic heterocycles. The molecule has 106 valence electrons. The molecule has 6 heteroatoms. The number of benzene rings is 1. The van der Waals surface area contributed by atoms with E-state index < -0.39 is 0 Å². The Bertz CT molecular complexity index is 609. The van der Waals surface area contributed by atoms with E-state index >= 15 is 0 Å². The van der Waals surface area contributed by atoms with Crippen molar-refractivity contribution in [1.82, 2.24) is 4.98 Å². The van der Waals surface area contributed by atoms with Crippen LogP contribution in [0.4, 0.5) is 5.69 Å². The SMILES string of the molecule is COc1c(Br)cc(CNc2ccc(Br)nc2C)cc1Br. The lowest BCUT2D eigenvalue weighted by molar-refractivity contribution is 0.409. The van der Waals surface area contributed by atoms with Crippen molar-refractivity contribution in [2.75, 3.05) is 12.4 Å². The fourth-order valence-electron chi connectivity index (χ4n) is 1.82. The molecule has 0 saturated carbocycles. The van der Waals surface area contributed by atoms with Gasteiger partial charge in [-0.25, -0.2) is 4.98 Å². The van der Waals surface area contributed by atoms with Gasteiger partial charge >= 0.3 is 0 Å². The lowest BCUT2D eigenvalue weighted by Crippen LogP contribution is -2.02. The smallest absolute Gasteiger partial charge is 0.147 e. The average molecular weight is 465 g/mol. The minimum Gasteiger partial charge on any atom is -0.494 e. The van der Waals surface area contributed by atoms with Crippen LogP contribution in [-0.4, -0.2) is 12.1 Å². The Kier molecular flexibility index (Phi) is 5.46. The summed E-state index contributed by atoms with van der Waals surface area (Å²) in [6, 6.07) is 8.02. The van der Waals surface area contributed by atoms with Crippen LogP contribution in [0.15, 0.2) is 37.8 Å². The number of methoxy groups -OCH3 is 1. The molecule has 20 heavy (non-hydrogen) atoms. The molecule has 0 aliphatic carbocycles. The molecule has 0 unspecified atom stereocenters. The maximum Gasteiger partial charge on any atom is 0.147 e. The van der Waals surface area contributed by atoms with E-state index in [-0.39, 0.29) is 0 Å². The zero-order chi connectivity index (χ0) is 14.7. The van der Waals surface area contributed by atoms with Crippen LogP contribution in [0.3, 0.4) is 0 Å². The third-order valence-corrected chi connectivity index (χ3v) is 4.42. The molecule has 0 saturated heterocycles. The number of nitrogens with zero attached hydrogens (tertiary/aromatic N) is 1. The Labute approximate surface area is 143 Å². The second kappa shape index (κ2) is 6.91. The lowest BCUT2D eigenvalue weighted by atomic mass is 10.2. The lowest BCUT2D eigenvalue weighted by Gasteiger charge is -2.12. The van der Waals surface area contributed by atoms with E-state index in [2.05, 4.69) is 58.1 Å². The highest BCUT2D eigenvalue weighted by molar-refractivity contribution is 9.11. The first-order valence-corrected chi connectivity index (χ1v) is 8.28. The molecule has 3 nitrogen and oxygen atoms in total. The van der Waals surface area contributed by atoms with Gasteiger partial charge in [-0.3, -0.25) is 0 Å². The predicted molar refractivity (Wildman–Crippen MR) is 92.4 cm³/mol. The summed E-state index contributed by atoms with van der Waals surface area (Å²) in [5.74, 6) is 0.801. The summed E-state index contributed by atoms with van der Waals surface area (Å²) in [6.07, 6.45) is 0. The Balaban J connectivity index is 2.15. The first-order valence-electron chi connectivity index (χ1n) is 5.90. The van der Waals surface area contributed by atoms with Crippen LogP contribution in [0.25, 0.3) is 0 Å². The molecular weight excluding hydrogens is 452 g/mol. The summed E-state index contributed by atoms with van der Waals surface area (Å²) in [4.78, 5) is 4.36. The number of ether oxygens (including phenoxy) is 1. The standard InChI is InChI=1S/C14H13Br3N2O/c1-8-12(3-4-13(17)19-8)18-7-9-5-10(15)14(20-2)11(16)6-9/h3-6,18H,7H2,1-2H3. The second-order valence-corrected chi connectivity index (χ2v) is 6.73. The van der Waals surface area contributed by atoms with Gasteiger partial charge in [0.05, 0.1) is 27.4 Å². The van der Waals surface area contributed by atoms with Crippen LogP contribution in [-0.2, 0) is 6.54 Å². The fourth-order valence-corrected chi connectivity index (χ4v) is 3.83. The topological polar surface area (TPSA) is 34.1 Å². The molecule has 0 amide bonds. The van der Waals surface area contributed by atoms with Gasteiger partial charge in [-0.2, -0.15) is 0 Å². The summed E-state index contributed by atoms with van der Waals surface area (Å²) in [5.41, 5.74) is 3.13. The molecule has 2 rings (SSSR count). The number of anilines is 1. The number of hydrogen-bond acceptors (Lipinski definition) is 3. The maximum atomic E-state index is 5.30. The van der Waals surface area contributed by atoms with Gasteiger partial charge in [-0.05, 0) is 84.5 Å². The molecule has 0 atom stereocenters. The summed E-state index contributed by atoms with van der Waals surface area (Å²) in [7, 11) is 1.65. The maximum absolute atomic E-state index is 5.30.